The summed E-state index contributed by atoms with van der Waals surface area (Å²) in [6.45, 7) is 4.52. The van der Waals surface area contributed by atoms with Gasteiger partial charge in [0.1, 0.15) is 0 Å². The number of hydrogen-bond acceptors (Lipinski definition) is 2. The summed E-state index contributed by atoms with van der Waals surface area (Å²) < 4.78 is 3.50. The first-order chi connectivity index (χ1) is 6.33. The van der Waals surface area contributed by atoms with Crippen molar-refractivity contribution in [2.24, 2.45) is 5.92 Å². The average Bonchev–Trinajstić information content (AvgIpc) is 2.16. The van der Waals surface area contributed by atoms with Crippen LogP contribution in [-0.2, 0) is 0 Å². The third-order valence-electron chi connectivity index (χ3n) is 2.84. The van der Waals surface area contributed by atoms with Crippen molar-refractivity contribution in [3.63, 3.8) is 0 Å². The summed E-state index contributed by atoms with van der Waals surface area (Å²) in [5, 5.41) is 0. The molecule has 1 rings (SSSR count). The smallest absolute Gasteiger partial charge is 0.0146 e. The fourth-order valence-electron chi connectivity index (χ4n) is 2.20. The van der Waals surface area contributed by atoms with Crippen LogP contribution in [0.25, 0.3) is 0 Å². The van der Waals surface area contributed by atoms with Gasteiger partial charge < -0.3 is 0 Å². The Kier molecular flexibility index (Phi) is 9.25. The van der Waals surface area contributed by atoms with Crippen LogP contribution in [0.5, 0.6) is 0 Å². The highest BCUT2D eigenvalue weighted by molar-refractivity contribution is 7.97. The normalized spacial score (nSPS) is 20.1. The zero-order chi connectivity index (χ0) is 9.52. The molecule has 0 spiro atoms. The van der Waals surface area contributed by atoms with Crippen LogP contribution in [0.3, 0.4) is 0 Å². The van der Waals surface area contributed by atoms with Crippen LogP contribution >= 0.6 is 24.4 Å². The van der Waals surface area contributed by atoms with Gasteiger partial charge in [-0.25, -0.2) is 0 Å². The van der Waals surface area contributed by atoms with Crippen LogP contribution in [-0.4, -0.2) is 11.8 Å². The van der Waals surface area contributed by atoms with Crippen LogP contribution in [0, 0.1) is 5.92 Å². The fraction of sp³-hybridized carbons (Fsp3) is 1.00. The second-order valence-electron chi connectivity index (χ2n) is 4.19. The Labute approximate surface area is 99.3 Å². The van der Waals surface area contributed by atoms with Crippen LogP contribution in [0.1, 0.15) is 52.4 Å². The maximum atomic E-state index is 3.50. The minimum absolute atomic E-state index is 0. The average molecular weight is 238 g/mol. The molecule has 0 heterocycles. The van der Waals surface area contributed by atoms with Gasteiger partial charge in [0.05, 0.1) is 0 Å². The molecule has 1 nitrogen and oxygen atoms in total. The van der Waals surface area contributed by atoms with Crippen molar-refractivity contribution in [3.8, 4) is 0 Å². The molecule has 3 heteroatoms. The maximum absolute atomic E-state index is 3.50. The Hall–Kier alpha value is 0.600. The van der Waals surface area contributed by atoms with Crippen molar-refractivity contribution in [3.05, 3.63) is 0 Å². The predicted octanol–water partition coefficient (Wildman–Crippen LogP) is 4.02. The topological polar surface area (TPSA) is 12.0 Å². The van der Waals surface area contributed by atoms with E-state index in [1.165, 1.54) is 44.3 Å². The first-order valence-electron chi connectivity index (χ1n) is 5.70. The van der Waals surface area contributed by atoms with Gasteiger partial charge in [0.25, 0.3) is 0 Å². The lowest BCUT2D eigenvalue weighted by atomic mass is 9.85. The molecule has 1 aliphatic carbocycles. The molecule has 0 aliphatic heterocycles. The van der Waals surface area contributed by atoms with E-state index >= 15 is 0 Å². The SMILES string of the molecule is CCSN[C@@H](C)CC1CCCCC1.Cl. The molecule has 1 N–H and O–H groups in total. The summed E-state index contributed by atoms with van der Waals surface area (Å²) in [7, 11) is 0. The third kappa shape index (κ3) is 6.15. The fourth-order valence-corrected chi connectivity index (χ4v) is 2.74. The molecule has 0 aromatic carbocycles. The molecule has 0 aromatic heterocycles. The van der Waals surface area contributed by atoms with E-state index in [-0.39, 0.29) is 12.4 Å². The Bertz CT molecular complexity index is 126. The lowest BCUT2D eigenvalue weighted by Gasteiger charge is -2.24. The largest absolute Gasteiger partial charge is 0.261 e. The van der Waals surface area contributed by atoms with E-state index in [0.717, 1.165) is 5.92 Å². The van der Waals surface area contributed by atoms with Gasteiger partial charge in [0.2, 0.25) is 0 Å². The summed E-state index contributed by atoms with van der Waals surface area (Å²) in [4.78, 5) is 0. The molecule has 1 aliphatic rings. The molecule has 1 saturated carbocycles. The lowest BCUT2D eigenvalue weighted by molar-refractivity contribution is 0.318. The van der Waals surface area contributed by atoms with Crippen molar-refractivity contribution < 1.29 is 0 Å². The number of hydrogen-bond donors (Lipinski definition) is 1. The molecule has 1 fully saturated rings. The molecule has 0 aromatic rings. The third-order valence-corrected chi connectivity index (χ3v) is 3.70. The van der Waals surface area contributed by atoms with Gasteiger partial charge in [-0.3, -0.25) is 4.72 Å². The van der Waals surface area contributed by atoms with Crippen molar-refractivity contribution in [2.45, 2.75) is 58.4 Å². The Morgan fingerprint density at radius 3 is 2.50 bits per heavy atom. The second-order valence-corrected chi connectivity index (χ2v) is 5.29. The number of halogens is 1. The minimum atomic E-state index is 0. The first-order valence-corrected chi connectivity index (χ1v) is 6.68. The van der Waals surface area contributed by atoms with Crippen LogP contribution in [0.15, 0.2) is 0 Å². The van der Waals surface area contributed by atoms with Gasteiger partial charge in [-0.15, -0.1) is 12.4 Å². The highest BCUT2D eigenvalue weighted by atomic mass is 35.5. The summed E-state index contributed by atoms with van der Waals surface area (Å²) in [6.07, 6.45) is 8.75. The molecule has 0 unspecified atom stereocenters. The standard InChI is InChI=1S/C11H23NS.ClH/c1-3-13-12-10(2)9-11-7-5-4-6-8-11;/h10-12H,3-9H2,1-2H3;1H/t10-;/m0./s1. The predicted molar refractivity (Wildman–Crippen MR) is 69.2 cm³/mol. The molecule has 1 atom stereocenters. The molecule has 0 saturated heterocycles. The van der Waals surface area contributed by atoms with Crippen molar-refractivity contribution in [1.29, 1.82) is 0 Å². The molecule has 0 bridgehead atoms. The monoisotopic (exact) mass is 237 g/mol. The van der Waals surface area contributed by atoms with Gasteiger partial charge >= 0.3 is 0 Å². The quantitative estimate of drug-likeness (QED) is 0.725. The summed E-state index contributed by atoms with van der Waals surface area (Å²) in [6, 6.07) is 0.702. The van der Waals surface area contributed by atoms with Crippen LogP contribution in [0.4, 0.5) is 0 Å². The zero-order valence-corrected chi connectivity index (χ0v) is 11.1. The Morgan fingerprint density at radius 2 is 1.93 bits per heavy atom. The molecule has 0 amide bonds. The van der Waals surface area contributed by atoms with E-state index in [1.807, 2.05) is 11.9 Å². The van der Waals surface area contributed by atoms with Crippen molar-refractivity contribution in [2.75, 3.05) is 5.75 Å². The molecule has 86 valence electrons. The number of nitrogens with one attached hydrogen (secondary N) is 1. The first kappa shape index (κ1) is 14.6. The minimum Gasteiger partial charge on any atom is -0.261 e. The molecule has 14 heavy (non-hydrogen) atoms. The summed E-state index contributed by atoms with van der Waals surface area (Å²) in [5.41, 5.74) is 0. The van der Waals surface area contributed by atoms with E-state index in [0.29, 0.717) is 6.04 Å². The van der Waals surface area contributed by atoms with E-state index in [2.05, 4.69) is 18.6 Å². The molecular weight excluding hydrogens is 214 g/mol. The van der Waals surface area contributed by atoms with Crippen molar-refractivity contribution >= 4 is 24.4 Å². The summed E-state index contributed by atoms with van der Waals surface area (Å²) in [5.74, 6) is 2.18. The van der Waals surface area contributed by atoms with Crippen LogP contribution < -0.4 is 4.72 Å². The van der Waals surface area contributed by atoms with Gasteiger partial charge in [-0.2, -0.15) is 0 Å². The maximum Gasteiger partial charge on any atom is 0.0146 e. The summed E-state index contributed by atoms with van der Waals surface area (Å²) >= 11 is 1.85. The van der Waals surface area contributed by atoms with E-state index in [9.17, 15) is 0 Å². The second kappa shape index (κ2) is 8.87. The highest BCUT2D eigenvalue weighted by Crippen LogP contribution is 2.27. The van der Waals surface area contributed by atoms with Gasteiger partial charge in [0, 0.05) is 11.8 Å². The van der Waals surface area contributed by atoms with E-state index < -0.39 is 0 Å². The highest BCUT2D eigenvalue weighted by Gasteiger charge is 2.15. The van der Waals surface area contributed by atoms with Gasteiger partial charge in [0.15, 0.2) is 0 Å². The Balaban J connectivity index is 0.00000169. The van der Waals surface area contributed by atoms with Gasteiger partial charge in [-0.05, 0) is 19.3 Å². The molecular formula is C11H24ClNS. The van der Waals surface area contributed by atoms with Crippen molar-refractivity contribution in [1.82, 2.24) is 4.72 Å². The van der Waals surface area contributed by atoms with E-state index in [4.69, 9.17) is 0 Å². The Morgan fingerprint density at radius 1 is 1.29 bits per heavy atom. The number of rotatable bonds is 5. The van der Waals surface area contributed by atoms with Gasteiger partial charge in [-0.1, -0.05) is 51.0 Å². The molecule has 0 radical (unpaired) electrons. The van der Waals surface area contributed by atoms with Crippen LogP contribution in [0.2, 0.25) is 0 Å². The van der Waals surface area contributed by atoms with E-state index in [1.54, 1.807) is 0 Å². The zero-order valence-electron chi connectivity index (χ0n) is 9.42. The lowest BCUT2D eigenvalue weighted by Crippen LogP contribution is -2.23.